The van der Waals surface area contributed by atoms with Crippen LogP contribution in [0.4, 0.5) is 5.82 Å². The lowest BCUT2D eigenvalue weighted by atomic mass is 10.1. The van der Waals surface area contributed by atoms with E-state index in [2.05, 4.69) is 15.3 Å². The number of rotatable bonds is 8. The molecule has 40 heavy (non-hydrogen) atoms. The summed E-state index contributed by atoms with van der Waals surface area (Å²) in [6, 6.07) is 12.6. The highest BCUT2D eigenvalue weighted by Gasteiger charge is 2.27. The highest BCUT2D eigenvalue weighted by molar-refractivity contribution is 7.99. The Morgan fingerprint density at radius 2 is 1.90 bits per heavy atom. The van der Waals surface area contributed by atoms with Crippen LogP contribution in [0.3, 0.4) is 0 Å². The Morgan fingerprint density at radius 1 is 1.12 bits per heavy atom. The number of nitrogen functional groups attached to an aromatic ring is 1. The third kappa shape index (κ3) is 5.39. The Bertz CT molecular complexity index is 1570. The Hall–Kier alpha value is -4.32. The van der Waals surface area contributed by atoms with E-state index in [0.29, 0.717) is 34.2 Å². The standard InChI is InChI=1S/C28H28N6O5S/c1-16(35)32-21(27(36)39-19-4-2-3-5-19)12-17-6-8-18(9-7-17)34-26-24(25(29)30-14-31-26)33-28(34)40-20-10-11-22-23(13-20)38-15-37-22/h6-11,13-14,19,21H,2-5,12,15H2,1H3,(H,32,35)(H2,29,30,31)/t21-/m0/s1. The van der Waals surface area contributed by atoms with Crippen LogP contribution in [0.25, 0.3) is 16.9 Å². The number of carbonyl (C=O) groups excluding carboxylic acids is 2. The van der Waals surface area contributed by atoms with Crippen LogP contribution in [0.5, 0.6) is 11.5 Å². The van der Waals surface area contributed by atoms with Gasteiger partial charge in [-0.05, 0) is 61.6 Å². The molecule has 0 radical (unpaired) electrons. The molecular formula is C28H28N6O5S. The molecule has 1 atom stereocenters. The van der Waals surface area contributed by atoms with Crippen LogP contribution in [0.15, 0.2) is 58.8 Å². The van der Waals surface area contributed by atoms with Gasteiger partial charge in [0.15, 0.2) is 33.6 Å². The van der Waals surface area contributed by atoms with Gasteiger partial charge in [0.2, 0.25) is 12.7 Å². The number of benzene rings is 2. The maximum Gasteiger partial charge on any atom is 0.329 e. The van der Waals surface area contributed by atoms with E-state index < -0.39 is 12.0 Å². The average molecular weight is 561 g/mol. The number of fused-ring (bicyclic) bond motifs is 2. The number of anilines is 1. The summed E-state index contributed by atoms with van der Waals surface area (Å²) in [7, 11) is 0. The van der Waals surface area contributed by atoms with E-state index in [4.69, 9.17) is 24.9 Å². The topological polar surface area (TPSA) is 143 Å². The molecule has 0 spiro atoms. The Morgan fingerprint density at radius 3 is 2.67 bits per heavy atom. The van der Waals surface area contributed by atoms with Crippen molar-refractivity contribution < 1.29 is 23.8 Å². The normalized spacial score (nSPS) is 15.3. The molecule has 2 aromatic heterocycles. The predicted octanol–water partition coefficient (Wildman–Crippen LogP) is 3.81. The second kappa shape index (κ2) is 11.0. The summed E-state index contributed by atoms with van der Waals surface area (Å²) in [6.07, 6.45) is 5.49. The maximum atomic E-state index is 12.9. The number of hydrogen-bond donors (Lipinski definition) is 2. The summed E-state index contributed by atoms with van der Waals surface area (Å²) < 4.78 is 18.5. The van der Waals surface area contributed by atoms with Crippen molar-refractivity contribution in [2.24, 2.45) is 0 Å². The SMILES string of the molecule is CC(=O)N[C@@H](Cc1ccc(-n2c(Sc3ccc4c(c3)OCO4)nc3c(N)ncnc32)cc1)C(=O)OC1CCCC1. The van der Waals surface area contributed by atoms with Crippen LogP contribution < -0.4 is 20.5 Å². The number of aromatic nitrogens is 4. The van der Waals surface area contributed by atoms with Gasteiger partial charge in [-0.1, -0.05) is 23.9 Å². The minimum absolute atomic E-state index is 0.0734. The van der Waals surface area contributed by atoms with Crippen LogP contribution >= 0.6 is 11.8 Å². The average Bonchev–Trinajstić information content (AvgIpc) is 3.69. The number of amides is 1. The second-order valence-electron chi connectivity index (χ2n) is 9.75. The van der Waals surface area contributed by atoms with Crippen LogP contribution in [0.2, 0.25) is 0 Å². The second-order valence-corrected chi connectivity index (χ2v) is 10.8. The smallest absolute Gasteiger partial charge is 0.329 e. The van der Waals surface area contributed by atoms with Crippen LogP contribution in [-0.4, -0.2) is 50.3 Å². The van der Waals surface area contributed by atoms with E-state index in [9.17, 15) is 9.59 Å². The first-order valence-electron chi connectivity index (χ1n) is 13.1. The predicted molar refractivity (Wildman–Crippen MR) is 147 cm³/mol. The Balaban J connectivity index is 1.28. The first kappa shape index (κ1) is 25.9. The number of hydrogen-bond acceptors (Lipinski definition) is 10. The molecule has 2 aliphatic rings. The summed E-state index contributed by atoms with van der Waals surface area (Å²) >= 11 is 1.43. The minimum Gasteiger partial charge on any atom is -0.461 e. The van der Waals surface area contributed by atoms with Crippen molar-refractivity contribution in [1.29, 1.82) is 0 Å². The molecule has 1 aliphatic carbocycles. The molecule has 4 aromatic rings. The molecule has 1 saturated carbocycles. The van der Waals surface area contributed by atoms with E-state index >= 15 is 0 Å². The highest BCUT2D eigenvalue weighted by Crippen LogP contribution is 2.39. The van der Waals surface area contributed by atoms with E-state index in [1.807, 2.05) is 47.0 Å². The van der Waals surface area contributed by atoms with Crippen molar-refractivity contribution >= 4 is 40.6 Å². The molecule has 3 heterocycles. The van der Waals surface area contributed by atoms with Gasteiger partial charge >= 0.3 is 5.97 Å². The summed E-state index contributed by atoms with van der Waals surface area (Å²) in [5.74, 6) is 0.982. The lowest BCUT2D eigenvalue weighted by Gasteiger charge is -2.20. The molecule has 1 amide bonds. The Kier molecular flexibility index (Phi) is 7.16. The van der Waals surface area contributed by atoms with Crippen LogP contribution in [0, 0.1) is 0 Å². The summed E-state index contributed by atoms with van der Waals surface area (Å²) in [6.45, 7) is 1.59. The number of nitrogens with zero attached hydrogens (tertiary/aromatic N) is 4. The molecule has 0 saturated heterocycles. The van der Waals surface area contributed by atoms with E-state index in [1.54, 1.807) is 0 Å². The van der Waals surface area contributed by atoms with Gasteiger partial charge in [-0.15, -0.1) is 0 Å². The van der Waals surface area contributed by atoms with Crippen molar-refractivity contribution in [3.63, 3.8) is 0 Å². The van der Waals surface area contributed by atoms with Gasteiger partial charge in [0.05, 0.1) is 0 Å². The minimum atomic E-state index is -0.761. The lowest BCUT2D eigenvalue weighted by molar-refractivity contribution is -0.152. The maximum absolute atomic E-state index is 12.9. The molecule has 6 rings (SSSR count). The third-order valence-electron chi connectivity index (χ3n) is 6.88. The van der Waals surface area contributed by atoms with Gasteiger partial charge in [-0.25, -0.2) is 19.7 Å². The Labute approximate surface area is 234 Å². The van der Waals surface area contributed by atoms with E-state index in [-0.39, 0.29) is 24.6 Å². The first-order valence-corrected chi connectivity index (χ1v) is 13.9. The number of imidazole rings is 1. The summed E-state index contributed by atoms with van der Waals surface area (Å²) in [4.78, 5) is 38.9. The van der Waals surface area contributed by atoms with Gasteiger partial charge in [-0.3, -0.25) is 9.36 Å². The van der Waals surface area contributed by atoms with Gasteiger partial charge in [0.1, 0.15) is 18.5 Å². The first-order chi connectivity index (χ1) is 19.4. The molecule has 206 valence electrons. The molecule has 2 aromatic carbocycles. The lowest BCUT2D eigenvalue weighted by Crippen LogP contribution is -2.43. The highest BCUT2D eigenvalue weighted by atomic mass is 32.2. The molecule has 0 unspecified atom stereocenters. The fourth-order valence-electron chi connectivity index (χ4n) is 4.94. The van der Waals surface area contributed by atoms with Gasteiger partial charge < -0.3 is 25.3 Å². The van der Waals surface area contributed by atoms with Crippen molar-refractivity contribution in [3.05, 3.63) is 54.4 Å². The number of esters is 1. The van der Waals surface area contributed by atoms with Gasteiger partial charge in [0, 0.05) is 23.9 Å². The number of ether oxygens (including phenoxy) is 3. The number of nitrogens with one attached hydrogen (secondary N) is 1. The monoisotopic (exact) mass is 560 g/mol. The van der Waals surface area contributed by atoms with Gasteiger partial charge in [-0.2, -0.15) is 0 Å². The third-order valence-corrected chi connectivity index (χ3v) is 7.82. The van der Waals surface area contributed by atoms with Crippen molar-refractivity contribution in [1.82, 2.24) is 24.8 Å². The molecular weight excluding hydrogens is 532 g/mol. The number of nitrogens with two attached hydrogens (primary N) is 1. The van der Waals surface area contributed by atoms with Crippen molar-refractivity contribution in [2.45, 2.75) is 61.2 Å². The molecule has 12 heteroatoms. The molecule has 3 N–H and O–H groups in total. The summed E-state index contributed by atoms with van der Waals surface area (Å²) in [5.41, 5.74) is 8.88. The molecule has 1 fully saturated rings. The fraction of sp³-hybridized carbons (Fsp3) is 0.321. The van der Waals surface area contributed by atoms with Crippen molar-refractivity contribution in [2.75, 3.05) is 12.5 Å². The van der Waals surface area contributed by atoms with Gasteiger partial charge in [0.25, 0.3) is 0 Å². The summed E-state index contributed by atoms with van der Waals surface area (Å²) in [5, 5.41) is 3.39. The largest absolute Gasteiger partial charge is 0.461 e. The van der Waals surface area contributed by atoms with Crippen molar-refractivity contribution in [3.8, 4) is 17.2 Å². The zero-order valence-corrected chi connectivity index (χ0v) is 22.6. The molecule has 11 nitrogen and oxygen atoms in total. The van der Waals surface area contributed by atoms with E-state index in [1.165, 1.54) is 25.0 Å². The van der Waals surface area contributed by atoms with E-state index in [0.717, 1.165) is 41.8 Å². The number of carbonyl (C=O) groups is 2. The fourth-order valence-corrected chi connectivity index (χ4v) is 5.88. The van der Waals surface area contributed by atoms with Crippen LogP contribution in [0.1, 0.15) is 38.2 Å². The molecule has 1 aliphatic heterocycles. The van der Waals surface area contributed by atoms with Crippen LogP contribution in [-0.2, 0) is 20.7 Å². The zero-order chi connectivity index (χ0) is 27.6. The zero-order valence-electron chi connectivity index (χ0n) is 21.8. The quantitative estimate of drug-likeness (QED) is 0.305. The molecule has 0 bridgehead atoms.